The normalized spacial score (nSPS) is 15.4. The standard InChI is InChI=1S/C17H18N4O6S/c1-13-11-14(5-6-17(13)21(24)25)18-7-9-19(10-8-18)28(26,27)16-4-2-3-15(12-16)20(22)23/h2-6,11-12H,7-10H2,1H3. The Morgan fingerprint density at radius 3 is 2.18 bits per heavy atom. The number of hydrogen-bond donors (Lipinski definition) is 0. The van der Waals surface area contributed by atoms with Crippen LogP contribution in [0.1, 0.15) is 5.56 Å². The van der Waals surface area contributed by atoms with Gasteiger partial charge in [-0.15, -0.1) is 0 Å². The fraction of sp³-hybridized carbons (Fsp3) is 0.294. The van der Waals surface area contributed by atoms with E-state index in [0.717, 1.165) is 11.8 Å². The van der Waals surface area contributed by atoms with Gasteiger partial charge < -0.3 is 4.90 Å². The number of sulfonamides is 1. The molecule has 0 bridgehead atoms. The Kier molecular flexibility index (Phi) is 5.29. The van der Waals surface area contributed by atoms with Crippen molar-refractivity contribution in [2.24, 2.45) is 0 Å². The van der Waals surface area contributed by atoms with E-state index in [1.807, 2.05) is 4.90 Å². The average molecular weight is 406 g/mol. The molecule has 3 rings (SSSR count). The summed E-state index contributed by atoms with van der Waals surface area (Å²) in [6.45, 7) is 2.89. The zero-order valence-corrected chi connectivity index (χ0v) is 15.8. The Morgan fingerprint density at radius 1 is 0.929 bits per heavy atom. The van der Waals surface area contributed by atoms with Crippen LogP contribution in [0.15, 0.2) is 47.4 Å². The van der Waals surface area contributed by atoms with Gasteiger partial charge in [-0.1, -0.05) is 6.07 Å². The first kappa shape index (κ1) is 19.7. The van der Waals surface area contributed by atoms with Crippen LogP contribution in [0.5, 0.6) is 0 Å². The van der Waals surface area contributed by atoms with E-state index in [0.29, 0.717) is 18.7 Å². The second kappa shape index (κ2) is 7.52. The van der Waals surface area contributed by atoms with Gasteiger partial charge in [0.05, 0.1) is 14.7 Å². The predicted octanol–water partition coefficient (Wildman–Crippen LogP) is 2.32. The fourth-order valence-corrected chi connectivity index (χ4v) is 4.60. The van der Waals surface area contributed by atoms with Gasteiger partial charge in [0, 0.05) is 55.6 Å². The molecule has 0 amide bonds. The lowest BCUT2D eigenvalue weighted by Gasteiger charge is -2.35. The highest BCUT2D eigenvalue weighted by Crippen LogP contribution is 2.27. The smallest absolute Gasteiger partial charge is 0.272 e. The number of nitro groups is 2. The lowest BCUT2D eigenvalue weighted by atomic mass is 10.1. The van der Waals surface area contributed by atoms with Gasteiger partial charge in [-0.25, -0.2) is 8.42 Å². The van der Waals surface area contributed by atoms with Crippen LogP contribution < -0.4 is 4.90 Å². The van der Waals surface area contributed by atoms with Crippen molar-refractivity contribution in [3.8, 4) is 0 Å². The van der Waals surface area contributed by atoms with Crippen molar-refractivity contribution in [3.63, 3.8) is 0 Å². The van der Waals surface area contributed by atoms with E-state index >= 15 is 0 Å². The highest BCUT2D eigenvalue weighted by Gasteiger charge is 2.30. The van der Waals surface area contributed by atoms with Crippen molar-refractivity contribution < 1.29 is 18.3 Å². The third-order valence-corrected chi connectivity index (χ3v) is 6.54. The van der Waals surface area contributed by atoms with Gasteiger partial charge in [0.25, 0.3) is 11.4 Å². The molecule has 1 heterocycles. The number of non-ortho nitro benzene ring substituents is 1. The molecule has 10 nitrogen and oxygen atoms in total. The molecule has 1 saturated heterocycles. The van der Waals surface area contributed by atoms with Gasteiger partial charge in [-0.05, 0) is 25.1 Å². The fourth-order valence-electron chi connectivity index (χ4n) is 3.13. The number of nitro benzene ring substituents is 2. The summed E-state index contributed by atoms with van der Waals surface area (Å²) in [6.07, 6.45) is 0. The van der Waals surface area contributed by atoms with Crippen LogP contribution in [0.25, 0.3) is 0 Å². The van der Waals surface area contributed by atoms with Gasteiger partial charge in [-0.2, -0.15) is 4.31 Å². The summed E-state index contributed by atoms with van der Waals surface area (Å²) < 4.78 is 26.9. The topological polar surface area (TPSA) is 127 Å². The van der Waals surface area contributed by atoms with Gasteiger partial charge in [-0.3, -0.25) is 20.2 Å². The SMILES string of the molecule is Cc1cc(N2CCN(S(=O)(=O)c3cccc([N+](=O)[O-])c3)CC2)ccc1[N+](=O)[O-]. The molecule has 0 aliphatic carbocycles. The molecule has 0 atom stereocenters. The van der Waals surface area contributed by atoms with Gasteiger partial charge in [0.1, 0.15) is 0 Å². The number of nitrogens with zero attached hydrogens (tertiary/aromatic N) is 4. The van der Waals surface area contributed by atoms with E-state index < -0.39 is 19.9 Å². The van der Waals surface area contributed by atoms with E-state index in [1.165, 1.54) is 28.6 Å². The minimum Gasteiger partial charge on any atom is -0.369 e. The molecular weight excluding hydrogens is 388 g/mol. The van der Waals surface area contributed by atoms with Gasteiger partial charge >= 0.3 is 0 Å². The Bertz CT molecular complexity index is 1030. The first-order valence-electron chi connectivity index (χ1n) is 8.45. The molecule has 148 valence electrons. The van der Waals surface area contributed by atoms with E-state index in [9.17, 15) is 28.6 Å². The Morgan fingerprint density at radius 2 is 1.61 bits per heavy atom. The number of hydrogen-bond acceptors (Lipinski definition) is 7. The maximum atomic E-state index is 12.8. The third kappa shape index (κ3) is 3.80. The van der Waals surface area contributed by atoms with Crippen molar-refractivity contribution in [1.82, 2.24) is 4.31 Å². The molecule has 2 aromatic rings. The minimum atomic E-state index is -3.84. The van der Waals surface area contributed by atoms with Crippen LogP contribution in [-0.4, -0.2) is 48.7 Å². The van der Waals surface area contributed by atoms with Crippen LogP contribution in [0.4, 0.5) is 17.1 Å². The first-order valence-corrected chi connectivity index (χ1v) is 9.89. The summed E-state index contributed by atoms with van der Waals surface area (Å²) in [4.78, 5) is 22.6. The van der Waals surface area contributed by atoms with Gasteiger partial charge in [0.15, 0.2) is 0 Å². The molecule has 0 unspecified atom stereocenters. The molecule has 0 radical (unpaired) electrons. The molecule has 1 fully saturated rings. The summed E-state index contributed by atoms with van der Waals surface area (Å²) >= 11 is 0. The molecule has 28 heavy (non-hydrogen) atoms. The summed E-state index contributed by atoms with van der Waals surface area (Å²) in [7, 11) is -3.84. The molecule has 2 aromatic carbocycles. The van der Waals surface area contributed by atoms with E-state index in [1.54, 1.807) is 19.1 Å². The van der Waals surface area contributed by atoms with Gasteiger partial charge in [0.2, 0.25) is 10.0 Å². The van der Waals surface area contributed by atoms with Crippen LogP contribution >= 0.6 is 0 Å². The van der Waals surface area contributed by atoms with Crippen LogP contribution in [0.3, 0.4) is 0 Å². The number of benzene rings is 2. The zero-order valence-electron chi connectivity index (χ0n) is 15.0. The van der Waals surface area contributed by atoms with Crippen LogP contribution in [0, 0.1) is 27.2 Å². The monoisotopic (exact) mass is 406 g/mol. The lowest BCUT2D eigenvalue weighted by Crippen LogP contribution is -2.48. The molecule has 11 heteroatoms. The maximum absolute atomic E-state index is 12.8. The van der Waals surface area contributed by atoms with Crippen LogP contribution in [-0.2, 0) is 10.0 Å². The largest absolute Gasteiger partial charge is 0.369 e. The number of piperazine rings is 1. The minimum absolute atomic E-state index is 0.0376. The number of rotatable bonds is 5. The number of anilines is 1. The Labute approximate surface area is 161 Å². The van der Waals surface area contributed by atoms with Crippen molar-refractivity contribution in [2.45, 2.75) is 11.8 Å². The molecule has 0 aromatic heterocycles. The highest BCUT2D eigenvalue weighted by atomic mass is 32.2. The molecule has 1 aliphatic heterocycles. The molecule has 0 spiro atoms. The summed E-state index contributed by atoms with van der Waals surface area (Å²) in [6, 6.07) is 9.79. The second-order valence-electron chi connectivity index (χ2n) is 6.37. The van der Waals surface area contributed by atoms with Crippen molar-refractivity contribution in [2.75, 3.05) is 31.1 Å². The first-order chi connectivity index (χ1) is 13.2. The highest BCUT2D eigenvalue weighted by molar-refractivity contribution is 7.89. The van der Waals surface area contributed by atoms with E-state index in [2.05, 4.69) is 0 Å². The maximum Gasteiger partial charge on any atom is 0.272 e. The van der Waals surface area contributed by atoms with Crippen molar-refractivity contribution in [3.05, 3.63) is 68.3 Å². The van der Waals surface area contributed by atoms with Crippen LogP contribution in [0.2, 0.25) is 0 Å². The van der Waals surface area contributed by atoms with Crippen molar-refractivity contribution in [1.29, 1.82) is 0 Å². The average Bonchev–Trinajstić information content (AvgIpc) is 2.67. The quantitative estimate of drug-likeness (QED) is 0.551. The predicted molar refractivity (Wildman–Crippen MR) is 102 cm³/mol. The Hall–Kier alpha value is -3.05. The molecule has 0 saturated carbocycles. The van der Waals surface area contributed by atoms with E-state index in [4.69, 9.17) is 0 Å². The molecule has 1 aliphatic rings. The second-order valence-corrected chi connectivity index (χ2v) is 8.31. The van der Waals surface area contributed by atoms with Crippen molar-refractivity contribution >= 4 is 27.1 Å². The zero-order chi connectivity index (χ0) is 20.5. The molecular formula is C17H18N4O6S. The lowest BCUT2D eigenvalue weighted by molar-refractivity contribution is -0.385. The summed E-state index contributed by atoms with van der Waals surface area (Å²) in [5.74, 6) is 0. The number of aryl methyl sites for hydroxylation is 1. The summed E-state index contributed by atoms with van der Waals surface area (Å²) in [5, 5.41) is 21.8. The Balaban J connectivity index is 1.74. The molecule has 0 N–H and O–H groups in total. The summed E-state index contributed by atoms with van der Waals surface area (Å²) in [5.41, 5.74) is 1.08. The van der Waals surface area contributed by atoms with E-state index in [-0.39, 0.29) is 29.4 Å². The third-order valence-electron chi connectivity index (χ3n) is 4.65.